The molecule has 1 heteroatoms. The monoisotopic (exact) mass is 414 g/mol. The first-order valence-corrected chi connectivity index (χ1v) is 13.0. The van der Waals surface area contributed by atoms with E-state index in [0.29, 0.717) is 18.3 Å². The van der Waals surface area contributed by atoms with E-state index >= 15 is 0 Å². The molecule has 0 amide bonds. The summed E-state index contributed by atoms with van der Waals surface area (Å²) < 4.78 is 13.9. The van der Waals surface area contributed by atoms with Gasteiger partial charge in [0.25, 0.3) is 0 Å². The minimum atomic E-state index is -0.675. The number of rotatable bonds is 7. The van der Waals surface area contributed by atoms with Crippen LogP contribution in [-0.2, 0) is 0 Å². The summed E-state index contributed by atoms with van der Waals surface area (Å²) in [6.07, 6.45) is 16.8. The lowest BCUT2D eigenvalue weighted by atomic mass is 9.60. The van der Waals surface area contributed by atoms with Gasteiger partial charge < -0.3 is 0 Å². The van der Waals surface area contributed by atoms with E-state index in [1.165, 1.54) is 51.4 Å². The lowest BCUT2D eigenvalue weighted by Gasteiger charge is -2.44. The van der Waals surface area contributed by atoms with Crippen LogP contribution in [0.4, 0.5) is 4.39 Å². The zero-order chi connectivity index (χ0) is 21.9. The van der Waals surface area contributed by atoms with E-state index in [4.69, 9.17) is 0 Å². The molecule has 0 aromatic carbocycles. The first kappa shape index (κ1) is 23.8. The molecule has 3 aliphatic rings. The Morgan fingerprint density at radius 2 is 1.87 bits per heavy atom. The van der Waals surface area contributed by atoms with Gasteiger partial charge in [-0.05, 0) is 91.9 Å². The van der Waals surface area contributed by atoms with E-state index in [1.807, 2.05) is 0 Å². The minimum Gasteiger partial charge on any atom is -0.247 e. The average molecular weight is 415 g/mol. The maximum Gasteiger partial charge on any atom is 0.104 e. The van der Waals surface area contributed by atoms with Crippen LogP contribution in [0.3, 0.4) is 0 Å². The third-order valence-corrected chi connectivity index (χ3v) is 9.34. The lowest BCUT2D eigenvalue weighted by molar-refractivity contribution is 0.0901. The highest BCUT2D eigenvalue weighted by atomic mass is 19.1. The standard InChI is InChI=1S/C29H47F/c1-7-23(20(2)3)12-10-22(5)27-16-17-28-24(9-8-18-29(27,28)6)13-14-25-19-26(30)15-11-21(25)4/h13-14,20,22-23,26-28H,4,7-12,15-19H2,1-3,5-6H3/b24-13+,25-14-/t22-,23-,26+,27-,28+,29-/m1/s1. The fourth-order valence-electron chi connectivity index (χ4n) is 7.27. The van der Waals surface area contributed by atoms with Crippen LogP contribution in [0.2, 0.25) is 0 Å². The molecular weight excluding hydrogens is 367 g/mol. The fourth-order valence-corrected chi connectivity index (χ4v) is 7.27. The maximum absolute atomic E-state index is 13.9. The average Bonchev–Trinajstić information content (AvgIpc) is 3.06. The predicted octanol–water partition coefficient (Wildman–Crippen LogP) is 9.23. The van der Waals surface area contributed by atoms with Crippen molar-refractivity contribution in [2.45, 2.75) is 111 Å². The van der Waals surface area contributed by atoms with Crippen molar-refractivity contribution < 1.29 is 4.39 Å². The number of fused-ring (bicyclic) bond motifs is 1. The molecule has 0 radical (unpaired) electrons. The summed E-state index contributed by atoms with van der Waals surface area (Å²) in [6.45, 7) is 16.5. The number of allylic oxidation sites excluding steroid dienone is 5. The van der Waals surface area contributed by atoms with Crippen molar-refractivity contribution >= 4 is 0 Å². The molecule has 0 aliphatic heterocycles. The van der Waals surface area contributed by atoms with Crippen molar-refractivity contribution in [2.75, 3.05) is 0 Å². The molecule has 0 aromatic rings. The largest absolute Gasteiger partial charge is 0.247 e. The summed E-state index contributed by atoms with van der Waals surface area (Å²) in [5.41, 5.74) is 4.44. The van der Waals surface area contributed by atoms with Gasteiger partial charge in [0, 0.05) is 6.42 Å². The van der Waals surface area contributed by atoms with E-state index in [9.17, 15) is 4.39 Å². The summed E-state index contributed by atoms with van der Waals surface area (Å²) in [5, 5.41) is 0. The summed E-state index contributed by atoms with van der Waals surface area (Å²) in [7, 11) is 0. The van der Waals surface area contributed by atoms with Gasteiger partial charge in [-0.1, -0.05) is 77.3 Å². The van der Waals surface area contributed by atoms with Gasteiger partial charge in [-0.3, -0.25) is 0 Å². The molecule has 0 unspecified atom stereocenters. The van der Waals surface area contributed by atoms with Crippen LogP contribution in [0.25, 0.3) is 0 Å². The van der Waals surface area contributed by atoms with Crippen molar-refractivity contribution in [1.82, 2.24) is 0 Å². The van der Waals surface area contributed by atoms with E-state index in [2.05, 4.69) is 53.3 Å². The SMILES string of the molecule is C=C1CC[C@H](F)C/C1=C/C=C1\CCC[C@]2(C)[C@@H]([C@H](C)CC[C@@H](CC)C(C)C)CC[C@@H]12. The van der Waals surface area contributed by atoms with E-state index < -0.39 is 6.17 Å². The lowest BCUT2D eigenvalue weighted by Crippen LogP contribution is -2.36. The Morgan fingerprint density at radius 1 is 1.10 bits per heavy atom. The Morgan fingerprint density at radius 3 is 2.57 bits per heavy atom. The normalized spacial score (nSPS) is 37.0. The second-order valence-electron chi connectivity index (χ2n) is 11.4. The molecule has 3 saturated carbocycles. The molecule has 0 bridgehead atoms. The third kappa shape index (κ3) is 5.13. The van der Waals surface area contributed by atoms with Crippen LogP contribution in [0.1, 0.15) is 105 Å². The van der Waals surface area contributed by atoms with E-state index in [1.54, 1.807) is 5.57 Å². The van der Waals surface area contributed by atoms with Crippen LogP contribution in [-0.4, -0.2) is 6.17 Å². The Hall–Kier alpha value is -0.850. The topological polar surface area (TPSA) is 0 Å². The molecule has 3 rings (SSSR count). The number of hydrogen-bond donors (Lipinski definition) is 0. The Labute approximate surface area is 186 Å². The molecule has 0 aromatic heterocycles. The Bertz CT molecular complexity index is 653. The molecule has 0 spiro atoms. The minimum absolute atomic E-state index is 0.466. The van der Waals surface area contributed by atoms with Crippen LogP contribution in [0.15, 0.2) is 35.5 Å². The number of hydrogen-bond acceptors (Lipinski definition) is 0. The number of alkyl halides is 1. The summed E-state index contributed by atoms with van der Waals surface area (Å²) >= 11 is 0. The molecule has 0 saturated heterocycles. The maximum atomic E-state index is 13.9. The second-order valence-corrected chi connectivity index (χ2v) is 11.4. The first-order valence-electron chi connectivity index (χ1n) is 13.0. The Kier molecular flexibility index (Phi) is 8.08. The Balaban J connectivity index is 1.69. The first-order chi connectivity index (χ1) is 14.3. The molecule has 0 N–H and O–H groups in total. The van der Waals surface area contributed by atoms with Gasteiger partial charge in [-0.15, -0.1) is 0 Å². The zero-order valence-electron chi connectivity index (χ0n) is 20.5. The highest BCUT2D eigenvalue weighted by Crippen LogP contribution is 2.60. The molecule has 6 atom stereocenters. The van der Waals surface area contributed by atoms with Gasteiger partial charge in [-0.2, -0.15) is 0 Å². The van der Waals surface area contributed by atoms with Crippen molar-refractivity contribution in [3.05, 3.63) is 35.5 Å². The van der Waals surface area contributed by atoms with Crippen LogP contribution < -0.4 is 0 Å². The molecule has 0 nitrogen and oxygen atoms in total. The van der Waals surface area contributed by atoms with Gasteiger partial charge in [0.2, 0.25) is 0 Å². The van der Waals surface area contributed by atoms with Crippen molar-refractivity contribution in [3.8, 4) is 0 Å². The third-order valence-electron chi connectivity index (χ3n) is 9.34. The van der Waals surface area contributed by atoms with Crippen molar-refractivity contribution in [3.63, 3.8) is 0 Å². The highest BCUT2D eigenvalue weighted by molar-refractivity contribution is 5.36. The molecule has 30 heavy (non-hydrogen) atoms. The van der Waals surface area contributed by atoms with E-state index in [-0.39, 0.29) is 0 Å². The van der Waals surface area contributed by atoms with Gasteiger partial charge in [0.15, 0.2) is 0 Å². The smallest absolute Gasteiger partial charge is 0.104 e. The molecule has 3 aliphatic carbocycles. The summed E-state index contributed by atoms with van der Waals surface area (Å²) in [5.74, 6) is 4.12. The molecule has 3 fully saturated rings. The molecule has 170 valence electrons. The summed E-state index contributed by atoms with van der Waals surface area (Å²) in [6, 6.07) is 0. The zero-order valence-corrected chi connectivity index (χ0v) is 20.5. The fraction of sp³-hybridized carbons (Fsp3) is 0.793. The predicted molar refractivity (Wildman–Crippen MR) is 129 cm³/mol. The summed E-state index contributed by atoms with van der Waals surface area (Å²) in [4.78, 5) is 0. The van der Waals surface area contributed by atoms with Gasteiger partial charge >= 0.3 is 0 Å². The van der Waals surface area contributed by atoms with E-state index in [0.717, 1.165) is 47.2 Å². The van der Waals surface area contributed by atoms with Crippen LogP contribution in [0, 0.1) is 35.0 Å². The molecular formula is C29H47F. The van der Waals surface area contributed by atoms with Gasteiger partial charge in [-0.25, -0.2) is 4.39 Å². The van der Waals surface area contributed by atoms with Crippen molar-refractivity contribution in [2.24, 2.45) is 35.0 Å². The van der Waals surface area contributed by atoms with Gasteiger partial charge in [0.05, 0.1) is 0 Å². The van der Waals surface area contributed by atoms with Crippen LogP contribution in [0.5, 0.6) is 0 Å². The molecule has 0 heterocycles. The quantitative estimate of drug-likeness (QED) is 0.389. The highest BCUT2D eigenvalue weighted by Gasteiger charge is 2.50. The van der Waals surface area contributed by atoms with Gasteiger partial charge in [0.1, 0.15) is 6.17 Å². The second kappa shape index (κ2) is 10.2. The van der Waals surface area contributed by atoms with Crippen molar-refractivity contribution in [1.29, 1.82) is 0 Å². The van der Waals surface area contributed by atoms with Crippen LogP contribution >= 0.6 is 0 Å². The number of halogens is 1.